The number of anilines is 1. The average molecular weight is 341 g/mol. The van der Waals surface area contributed by atoms with Crippen molar-refractivity contribution in [1.82, 2.24) is 9.78 Å². The fourth-order valence-electron chi connectivity index (χ4n) is 2.85. The summed E-state index contributed by atoms with van der Waals surface area (Å²) in [6, 6.07) is 6.95. The second-order valence-corrected chi connectivity index (χ2v) is 6.84. The first-order chi connectivity index (χ1) is 11.8. The molecule has 0 saturated carbocycles. The van der Waals surface area contributed by atoms with Gasteiger partial charge in [-0.3, -0.25) is 9.59 Å². The fraction of sp³-hybridized carbons (Fsp3) is 0.450. The van der Waals surface area contributed by atoms with E-state index in [0.29, 0.717) is 23.6 Å². The van der Waals surface area contributed by atoms with Crippen molar-refractivity contribution < 1.29 is 9.59 Å². The Bertz CT molecular complexity index is 758. The summed E-state index contributed by atoms with van der Waals surface area (Å²) < 4.78 is 1.48. The lowest BCUT2D eigenvalue weighted by atomic mass is 10.0. The third-order valence-corrected chi connectivity index (χ3v) is 4.14. The summed E-state index contributed by atoms with van der Waals surface area (Å²) in [4.78, 5) is 24.4. The maximum absolute atomic E-state index is 12.8. The van der Waals surface area contributed by atoms with Gasteiger partial charge >= 0.3 is 0 Å². The van der Waals surface area contributed by atoms with Gasteiger partial charge in [0.15, 0.2) is 0 Å². The zero-order valence-corrected chi connectivity index (χ0v) is 15.7. The molecule has 0 fully saturated rings. The highest BCUT2D eigenvalue weighted by Crippen LogP contribution is 2.19. The molecular weight excluding hydrogens is 314 g/mol. The van der Waals surface area contributed by atoms with Crippen LogP contribution in [0.15, 0.2) is 24.3 Å². The highest BCUT2D eigenvalue weighted by Gasteiger charge is 2.18. The lowest BCUT2D eigenvalue weighted by Crippen LogP contribution is -2.16. The summed E-state index contributed by atoms with van der Waals surface area (Å²) >= 11 is 0. The third kappa shape index (κ3) is 4.56. The van der Waals surface area contributed by atoms with Gasteiger partial charge in [0.25, 0.3) is 5.91 Å². The van der Waals surface area contributed by atoms with Crippen LogP contribution < -0.4 is 5.32 Å². The van der Waals surface area contributed by atoms with Crippen LogP contribution in [0.5, 0.6) is 0 Å². The number of hydrogen-bond acceptors (Lipinski definition) is 3. The lowest BCUT2D eigenvalue weighted by Gasteiger charge is -2.08. The molecule has 134 valence electrons. The van der Waals surface area contributed by atoms with Gasteiger partial charge in [0, 0.05) is 23.4 Å². The Kier molecular flexibility index (Phi) is 6.12. The number of carbonyl (C=O) groups is 2. The largest absolute Gasteiger partial charge is 0.326 e. The molecule has 1 N–H and O–H groups in total. The SMILES string of the molecule is CCCC(=O)Nc1ccc(C(=O)n2nc(C)c(CC(C)C)c2C)cc1. The first-order valence-corrected chi connectivity index (χ1v) is 8.83. The summed E-state index contributed by atoms with van der Waals surface area (Å²) in [5.41, 5.74) is 4.20. The van der Waals surface area contributed by atoms with Crippen molar-refractivity contribution in [2.75, 3.05) is 5.32 Å². The number of benzene rings is 1. The molecule has 0 atom stereocenters. The first-order valence-electron chi connectivity index (χ1n) is 8.83. The molecule has 0 radical (unpaired) electrons. The molecule has 1 aromatic heterocycles. The van der Waals surface area contributed by atoms with E-state index in [4.69, 9.17) is 0 Å². The van der Waals surface area contributed by atoms with Gasteiger partial charge in [0.1, 0.15) is 0 Å². The summed E-state index contributed by atoms with van der Waals surface area (Å²) in [7, 11) is 0. The number of amides is 1. The second kappa shape index (κ2) is 8.10. The van der Waals surface area contributed by atoms with Gasteiger partial charge < -0.3 is 5.32 Å². The monoisotopic (exact) mass is 341 g/mol. The summed E-state index contributed by atoms with van der Waals surface area (Å²) in [6.07, 6.45) is 2.21. The summed E-state index contributed by atoms with van der Waals surface area (Å²) in [5.74, 6) is 0.344. The summed E-state index contributed by atoms with van der Waals surface area (Å²) in [5, 5.41) is 7.25. The van der Waals surface area contributed by atoms with Gasteiger partial charge in [-0.2, -0.15) is 5.10 Å². The van der Waals surface area contributed by atoms with Crippen LogP contribution in [0, 0.1) is 19.8 Å². The van der Waals surface area contributed by atoms with E-state index in [1.165, 1.54) is 4.68 Å². The molecule has 25 heavy (non-hydrogen) atoms. The van der Waals surface area contributed by atoms with Crippen LogP contribution in [0.25, 0.3) is 0 Å². The van der Waals surface area contributed by atoms with Crippen LogP contribution in [0.3, 0.4) is 0 Å². The smallest absolute Gasteiger partial charge is 0.278 e. The normalized spacial score (nSPS) is 11.0. The van der Waals surface area contributed by atoms with E-state index in [2.05, 4.69) is 24.3 Å². The number of rotatable bonds is 6. The van der Waals surface area contributed by atoms with Crippen LogP contribution in [0.1, 0.15) is 60.9 Å². The summed E-state index contributed by atoms with van der Waals surface area (Å²) in [6.45, 7) is 10.2. The Balaban J connectivity index is 2.19. The topological polar surface area (TPSA) is 64.0 Å². The van der Waals surface area contributed by atoms with Crippen molar-refractivity contribution in [3.63, 3.8) is 0 Å². The van der Waals surface area contributed by atoms with Crippen LogP contribution in [-0.2, 0) is 11.2 Å². The van der Waals surface area contributed by atoms with E-state index in [-0.39, 0.29) is 11.8 Å². The number of aromatic nitrogens is 2. The van der Waals surface area contributed by atoms with Crippen LogP contribution in [-0.4, -0.2) is 21.6 Å². The van der Waals surface area contributed by atoms with E-state index >= 15 is 0 Å². The van der Waals surface area contributed by atoms with Crippen molar-refractivity contribution in [2.24, 2.45) is 5.92 Å². The molecule has 0 aliphatic carbocycles. The maximum Gasteiger partial charge on any atom is 0.278 e. The predicted octanol–water partition coefficient (Wildman–Crippen LogP) is 4.13. The minimum Gasteiger partial charge on any atom is -0.326 e. The van der Waals surface area contributed by atoms with Crippen molar-refractivity contribution >= 4 is 17.5 Å². The van der Waals surface area contributed by atoms with Crippen molar-refractivity contribution in [3.05, 3.63) is 46.8 Å². The third-order valence-electron chi connectivity index (χ3n) is 4.14. The molecule has 0 unspecified atom stereocenters. The van der Waals surface area contributed by atoms with Crippen LogP contribution in [0.2, 0.25) is 0 Å². The molecule has 1 amide bonds. The predicted molar refractivity (Wildman–Crippen MR) is 100.0 cm³/mol. The van der Waals surface area contributed by atoms with Crippen molar-refractivity contribution in [1.29, 1.82) is 0 Å². The number of nitrogens with one attached hydrogen (secondary N) is 1. The molecule has 0 bridgehead atoms. The van der Waals surface area contributed by atoms with Gasteiger partial charge in [-0.25, -0.2) is 4.68 Å². The molecule has 5 nitrogen and oxygen atoms in total. The van der Waals surface area contributed by atoms with Crippen molar-refractivity contribution in [3.8, 4) is 0 Å². The van der Waals surface area contributed by atoms with Gasteiger partial charge in [0.05, 0.1) is 5.69 Å². The Morgan fingerprint density at radius 2 is 1.80 bits per heavy atom. The number of carbonyl (C=O) groups excluding carboxylic acids is 2. The molecule has 0 saturated heterocycles. The van der Waals surface area contributed by atoms with E-state index in [1.807, 2.05) is 20.8 Å². The molecular formula is C20H27N3O2. The minimum atomic E-state index is -0.151. The quantitative estimate of drug-likeness (QED) is 0.859. The van der Waals surface area contributed by atoms with Gasteiger partial charge in [-0.1, -0.05) is 20.8 Å². The molecule has 0 aliphatic rings. The highest BCUT2D eigenvalue weighted by atomic mass is 16.2. The standard InChI is InChI=1S/C20H27N3O2/c1-6-7-19(24)21-17-10-8-16(9-11-17)20(25)23-15(5)18(12-13(2)3)14(4)22-23/h8-11,13H,6-7,12H2,1-5H3,(H,21,24). The molecule has 0 spiro atoms. The Hall–Kier alpha value is -2.43. The molecule has 1 aromatic carbocycles. The minimum absolute atomic E-state index is 0.0153. The zero-order valence-electron chi connectivity index (χ0n) is 15.7. The first kappa shape index (κ1) is 18.9. The molecule has 2 rings (SSSR count). The number of nitrogens with zero attached hydrogens (tertiary/aromatic N) is 2. The molecule has 0 aliphatic heterocycles. The van der Waals surface area contributed by atoms with Gasteiger partial charge in [-0.05, 0) is 62.4 Å². The molecule has 2 aromatic rings. The molecule has 5 heteroatoms. The Morgan fingerprint density at radius 1 is 1.16 bits per heavy atom. The average Bonchev–Trinajstić information content (AvgIpc) is 2.83. The van der Waals surface area contributed by atoms with E-state index in [9.17, 15) is 9.59 Å². The lowest BCUT2D eigenvalue weighted by molar-refractivity contribution is -0.116. The fourth-order valence-corrected chi connectivity index (χ4v) is 2.85. The molecule has 1 heterocycles. The second-order valence-electron chi connectivity index (χ2n) is 6.84. The Morgan fingerprint density at radius 3 is 2.36 bits per heavy atom. The van der Waals surface area contributed by atoms with Crippen LogP contribution in [0.4, 0.5) is 5.69 Å². The Labute approximate surface area is 149 Å². The maximum atomic E-state index is 12.8. The number of hydrogen-bond donors (Lipinski definition) is 1. The van der Waals surface area contributed by atoms with Crippen molar-refractivity contribution in [2.45, 2.75) is 53.9 Å². The van der Waals surface area contributed by atoms with Gasteiger partial charge in [0.2, 0.25) is 5.91 Å². The van der Waals surface area contributed by atoms with Crippen LogP contribution >= 0.6 is 0 Å². The van der Waals surface area contributed by atoms with Gasteiger partial charge in [-0.15, -0.1) is 0 Å². The number of aryl methyl sites for hydroxylation is 1. The van der Waals surface area contributed by atoms with E-state index in [0.717, 1.165) is 29.8 Å². The zero-order chi connectivity index (χ0) is 18.6. The highest BCUT2D eigenvalue weighted by molar-refractivity contribution is 5.97. The van der Waals surface area contributed by atoms with E-state index < -0.39 is 0 Å². The van der Waals surface area contributed by atoms with E-state index in [1.54, 1.807) is 24.3 Å².